The maximum Gasteiger partial charge on any atom is 0.422 e. The third-order valence-electron chi connectivity index (χ3n) is 5.26. The minimum absolute atomic E-state index is 0.189. The van der Waals surface area contributed by atoms with Crippen LogP contribution in [-0.4, -0.2) is 43.7 Å². The van der Waals surface area contributed by atoms with E-state index < -0.39 is 12.8 Å². The van der Waals surface area contributed by atoms with Crippen LogP contribution >= 0.6 is 0 Å². The largest absolute Gasteiger partial charge is 0.484 e. The molecule has 1 aliphatic heterocycles. The Labute approximate surface area is 157 Å². The first-order valence-corrected chi connectivity index (χ1v) is 9.20. The summed E-state index contributed by atoms with van der Waals surface area (Å²) in [6.07, 6.45) is 0.0717. The first kappa shape index (κ1) is 19.7. The number of ether oxygens (including phenoxy) is 1. The van der Waals surface area contributed by atoms with Crippen molar-refractivity contribution in [1.82, 2.24) is 5.32 Å². The quantitative estimate of drug-likeness (QED) is 0.640. The lowest BCUT2D eigenvalue weighted by Gasteiger charge is -2.33. The van der Waals surface area contributed by atoms with E-state index in [4.69, 9.17) is 9.73 Å². The molecule has 27 heavy (non-hydrogen) atoms. The van der Waals surface area contributed by atoms with Crippen molar-refractivity contribution in [1.29, 1.82) is 0 Å². The molecule has 0 aromatic carbocycles. The molecule has 148 valence electrons. The Morgan fingerprint density at radius 3 is 2.74 bits per heavy atom. The summed E-state index contributed by atoms with van der Waals surface area (Å²) in [5, 5.41) is 3.48. The third kappa shape index (κ3) is 4.26. The van der Waals surface area contributed by atoms with Gasteiger partial charge in [0, 0.05) is 11.8 Å². The zero-order chi connectivity index (χ0) is 19.8. The Morgan fingerprint density at radius 2 is 2.07 bits per heavy atom. The van der Waals surface area contributed by atoms with Crippen molar-refractivity contribution in [2.45, 2.75) is 38.5 Å². The van der Waals surface area contributed by atoms with Crippen molar-refractivity contribution in [3.63, 3.8) is 0 Å². The minimum atomic E-state index is -4.36. The van der Waals surface area contributed by atoms with Crippen LogP contribution in [0.4, 0.5) is 13.2 Å². The summed E-state index contributed by atoms with van der Waals surface area (Å²) in [5.74, 6) is 1.24. The maximum absolute atomic E-state index is 12.5. The lowest BCUT2D eigenvalue weighted by molar-refractivity contribution is -0.797. The molecule has 0 spiro atoms. The van der Waals surface area contributed by atoms with Gasteiger partial charge in [-0.05, 0) is 26.2 Å². The van der Waals surface area contributed by atoms with Gasteiger partial charge in [-0.2, -0.15) is 18.2 Å². The van der Waals surface area contributed by atoms with Crippen molar-refractivity contribution < 1.29 is 27.0 Å². The predicted molar refractivity (Wildman–Crippen MR) is 96.0 cm³/mol. The topological polar surface area (TPSA) is 37.5 Å². The monoisotopic (exact) mass is 384 g/mol. The van der Waals surface area contributed by atoms with E-state index in [0.717, 1.165) is 37.3 Å². The number of hydrogen-bond donors (Lipinski definition) is 1. The van der Waals surface area contributed by atoms with Gasteiger partial charge in [0.05, 0.1) is 32.3 Å². The fourth-order valence-electron chi connectivity index (χ4n) is 3.45. The number of nitrogens with zero attached hydrogens (tertiary/aromatic N) is 3. The Bertz CT molecular complexity index is 784. The molecular formula is C19H27F3N4O+2. The van der Waals surface area contributed by atoms with Crippen molar-refractivity contribution >= 4 is 5.84 Å². The number of allylic oxidation sites excluding steroid dienone is 1. The average molecular weight is 384 g/mol. The molecule has 0 fully saturated rings. The number of aliphatic imine (C=N–C) groups is 1. The van der Waals surface area contributed by atoms with Crippen molar-refractivity contribution in [2.24, 2.45) is 12.0 Å². The molecule has 1 atom stereocenters. The van der Waals surface area contributed by atoms with Crippen LogP contribution in [0.2, 0.25) is 0 Å². The molecule has 2 heterocycles. The van der Waals surface area contributed by atoms with Crippen molar-refractivity contribution in [3.8, 4) is 5.75 Å². The number of aryl methyl sites for hydroxylation is 1. The van der Waals surface area contributed by atoms with Crippen LogP contribution in [0.1, 0.15) is 38.0 Å². The number of aromatic nitrogens is 1. The molecule has 5 nitrogen and oxygen atoms in total. The van der Waals surface area contributed by atoms with Gasteiger partial charge in [-0.1, -0.05) is 0 Å². The number of quaternary nitrogens is 1. The van der Waals surface area contributed by atoms with E-state index in [1.165, 1.54) is 17.3 Å². The summed E-state index contributed by atoms with van der Waals surface area (Å²) >= 11 is 0. The van der Waals surface area contributed by atoms with Crippen molar-refractivity contribution in [2.75, 3.05) is 27.2 Å². The second-order valence-electron chi connectivity index (χ2n) is 7.61. The van der Waals surface area contributed by atoms with Gasteiger partial charge in [-0.3, -0.25) is 4.48 Å². The van der Waals surface area contributed by atoms with Gasteiger partial charge in [0.25, 0.3) is 0 Å². The fraction of sp³-hybridized carbons (Fsp3) is 0.579. The van der Waals surface area contributed by atoms with Crippen molar-refractivity contribution in [3.05, 3.63) is 35.3 Å². The van der Waals surface area contributed by atoms with Gasteiger partial charge in [0.15, 0.2) is 12.8 Å². The van der Waals surface area contributed by atoms with Gasteiger partial charge in [-0.25, -0.2) is 4.57 Å². The number of pyridine rings is 1. The second-order valence-corrected chi connectivity index (χ2v) is 7.61. The number of rotatable bonds is 4. The van der Waals surface area contributed by atoms with E-state index in [-0.39, 0.29) is 11.9 Å². The summed E-state index contributed by atoms with van der Waals surface area (Å²) in [7, 11) is 6.12. The number of alkyl halides is 3. The summed E-state index contributed by atoms with van der Waals surface area (Å²) in [6, 6.07) is 3.17. The van der Waals surface area contributed by atoms with E-state index in [1.807, 2.05) is 11.6 Å². The first-order chi connectivity index (χ1) is 12.6. The molecule has 2 aliphatic rings. The summed E-state index contributed by atoms with van der Waals surface area (Å²) in [6.45, 7) is 1.73. The molecule has 0 saturated heterocycles. The smallest absolute Gasteiger partial charge is 0.422 e. The average Bonchev–Trinajstić information content (AvgIpc) is 3.07. The molecule has 0 amide bonds. The number of amidine groups is 1. The van der Waals surface area contributed by atoms with Gasteiger partial charge in [0.1, 0.15) is 12.8 Å². The molecule has 3 rings (SSSR count). The molecule has 1 aromatic heterocycles. The Kier molecular flexibility index (Phi) is 5.20. The molecule has 0 saturated carbocycles. The van der Waals surface area contributed by atoms with Crippen LogP contribution in [-0.2, 0) is 7.05 Å². The molecule has 0 unspecified atom stereocenters. The van der Waals surface area contributed by atoms with Gasteiger partial charge in [-0.15, -0.1) is 0 Å². The summed E-state index contributed by atoms with van der Waals surface area (Å²) < 4.78 is 44.9. The third-order valence-corrected chi connectivity index (χ3v) is 5.26. The van der Waals surface area contributed by atoms with Gasteiger partial charge < -0.3 is 10.1 Å². The minimum Gasteiger partial charge on any atom is -0.484 e. The SMILES string of the molecule is CC[N+](C)(C)C1=N[C@H](c2cc(OCC(F)(F)F)cc[n+]2C)NC2=C1CCC2. The lowest BCUT2D eigenvalue weighted by Crippen LogP contribution is -2.49. The predicted octanol–water partition coefficient (Wildman–Crippen LogP) is 2.99. The standard InChI is InChI=1S/C19H27F3N4O/c1-5-26(3,4)18-14-7-6-8-15(14)23-17(24-18)16-11-13(9-10-25(16)2)27-12-19(20,21)22/h9-11,17,23H,5-8,12H2,1-4H3/q+2/t17-/m1/s1. The van der Waals surface area contributed by atoms with Gasteiger partial charge >= 0.3 is 6.18 Å². The maximum atomic E-state index is 12.5. The normalized spacial score (nSPS) is 20.3. The Balaban J connectivity index is 1.94. The number of nitrogens with one attached hydrogen (secondary N) is 1. The second kappa shape index (κ2) is 7.14. The molecular weight excluding hydrogens is 357 g/mol. The first-order valence-electron chi connectivity index (χ1n) is 9.20. The highest BCUT2D eigenvalue weighted by Crippen LogP contribution is 2.34. The van der Waals surface area contributed by atoms with E-state index in [1.54, 1.807) is 12.3 Å². The van der Waals surface area contributed by atoms with Crippen LogP contribution in [0.15, 0.2) is 34.6 Å². The highest BCUT2D eigenvalue weighted by Gasteiger charge is 2.38. The zero-order valence-electron chi connectivity index (χ0n) is 16.2. The molecule has 1 aliphatic carbocycles. The van der Waals surface area contributed by atoms with E-state index >= 15 is 0 Å². The highest BCUT2D eigenvalue weighted by atomic mass is 19.4. The van der Waals surface area contributed by atoms with E-state index in [9.17, 15) is 13.2 Å². The number of halogens is 3. The fourth-order valence-corrected chi connectivity index (χ4v) is 3.45. The molecule has 8 heteroatoms. The highest BCUT2D eigenvalue weighted by molar-refractivity contribution is 5.95. The summed E-state index contributed by atoms with van der Waals surface area (Å²) in [5.41, 5.74) is 3.25. The molecule has 0 radical (unpaired) electrons. The van der Waals surface area contributed by atoms with Crippen LogP contribution in [0, 0.1) is 0 Å². The van der Waals surface area contributed by atoms with Crippen LogP contribution in [0.3, 0.4) is 0 Å². The van der Waals surface area contributed by atoms with E-state index in [0.29, 0.717) is 4.48 Å². The van der Waals surface area contributed by atoms with Crippen LogP contribution < -0.4 is 14.6 Å². The van der Waals surface area contributed by atoms with Gasteiger partial charge in [0.2, 0.25) is 17.7 Å². The number of hydrogen-bond acceptors (Lipinski definition) is 3. The van der Waals surface area contributed by atoms with E-state index in [2.05, 4.69) is 26.3 Å². The molecule has 0 bridgehead atoms. The Morgan fingerprint density at radius 1 is 1.33 bits per heavy atom. The summed E-state index contributed by atoms with van der Waals surface area (Å²) in [4.78, 5) is 4.97. The van der Waals surface area contributed by atoms with Crippen LogP contribution in [0.5, 0.6) is 5.75 Å². The molecule has 1 aromatic rings. The number of likely N-dealkylation sites (N-methyl/N-ethyl adjacent to an activating group) is 1. The van der Waals surface area contributed by atoms with Crippen LogP contribution in [0.25, 0.3) is 0 Å². The lowest BCUT2D eigenvalue weighted by atomic mass is 10.1. The molecule has 1 N–H and O–H groups in total. The Hall–Kier alpha value is -2.09. The zero-order valence-corrected chi connectivity index (χ0v) is 16.2.